The molecule has 2 N–H and O–H groups in total. The van der Waals surface area contributed by atoms with Crippen molar-refractivity contribution >= 4 is 17.8 Å². The second-order valence-corrected chi connectivity index (χ2v) is 5.32. The Morgan fingerprint density at radius 2 is 2.05 bits per heavy atom. The van der Waals surface area contributed by atoms with E-state index in [4.69, 9.17) is 0 Å². The smallest absolute Gasteiger partial charge is 0.328 e. The van der Waals surface area contributed by atoms with Crippen LogP contribution in [-0.2, 0) is 19.1 Å². The summed E-state index contributed by atoms with van der Waals surface area (Å²) in [5, 5.41) is 12.2. The second kappa shape index (κ2) is 7.21. The molecule has 1 rings (SSSR count). The largest absolute Gasteiger partial charge is 0.467 e. The van der Waals surface area contributed by atoms with Crippen molar-refractivity contribution in [1.29, 1.82) is 0 Å². The molecule has 1 fully saturated rings. The Labute approximate surface area is 123 Å². The molecule has 1 aliphatic heterocycles. The van der Waals surface area contributed by atoms with Crippen LogP contribution in [0.15, 0.2) is 12.2 Å². The van der Waals surface area contributed by atoms with Gasteiger partial charge in [0.05, 0.1) is 13.2 Å². The maximum Gasteiger partial charge on any atom is 0.328 e. The monoisotopic (exact) mass is 298 g/mol. The fraction of sp³-hybridized carbons (Fsp3) is 0.643. The Hall–Kier alpha value is -1.89. The van der Waals surface area contributed by atoms with Crippen molar-refractivity contribution in [3.05, 3.63) is 12.2 Å². The number of esters is 1. The first-order valence-corrected chi connectivity index (χ1v) is 6.74. The zero-order valence-corrected chi connectivity index (χ0v) is 12.6. The van der Waals surface area contributed by atoms with E-state index in [1.54, 1.807) is 6.92 Å². The van der Waals surface area contributed by atoms with Crippen molar-refractivity contribution in [2.75, 3.05) is 13.7 Å². The molecule has 1 aliphatic rings. The number of carbonyl (C=O) groups is 3. The van der Waals surface area contributed by atoms with E-state index in [0.29, 0.717) is 0 Å². The van der Waals surface area contributed by atoms with Crippen molar-refractivity contribution in [1.82, 2.24) is 10.2 Å². The van der Waals surface area contributed by atoms with Crippen LogP contribution in [0.3, 0.4) is 0 Å². The minimum absolute atomic E-state index is 0.122. The quantitative estimate of drug-likeness (QED) is 0.531. The van der Waals surface area contributed by atoms with E-state index in [1.807, 2.05) is 0 Å². The number of nitrogens with zero attached hydrogens (tertiary/aromatic N) is 1. The summed E-state index contributed by atoms with van der Waals surface area (Å²) in [6, 6.07) is -1.61. The average Bonchev–Trinajstić information content (AvgIpc) is 2.78. The topological polar surface area (TPSA) is 95.9 Å². The molecular weight excluding hydrogens is 276 g/mol. The lowest BCUT2D eigenvalue weighted by atomic mass is 10.1. The number of carbonyl (C=O) groups excluding carboxylic acids is 3. The summed E-state index contributed by atoms with van der Waals surface area (Å²) in [4.78, 5) is 36.7. The fourth-order valence-electron chi connectivity index (χ4n) is 2.36. The highest BCUT2D eigenvalue weighted by atomic mass is 16.5. The number of rotatable bonds is 5. The normalized spacial score (nSPS) is 22.6. The van der Waals surface area contributed by atoms with E-state index in [9.17, 15) is 19.5 Å². The van der Waals surface area contributed by atoms with Crippen LogP contribution >= 0.6 is 0 Å². The molecule has 0 aromatic rings. The predicted molar refractivity (Wildman–Crippen MR) is 75.2 cm³/mol. The van der Waals surface area contributed by atoms with E-state index in [2.05, 4.69) is 16.6 Å². The molecule has 0 unspecified atom stereocenters. The molecule has 3 atom stereocenters. The zero-order chi connectivity index (χ0) is 16.2. The third-order valence-electron chi connectivity index (χ3n) is 3.34. The van der Waals surface area contributed by atoms with E-state index < -0.39 is 30.1 Å². The minimum Gasteiger partial charge on any atom is -0.467 e. The molecule has 0 aromatic carbocycles. The standard InChI is InChI=1S/C14H22N2O5/c1-8(2)5-11(14(20)21-4)15-13(19)12-6-10(18)7-16(12)9(3)17/h10-12,18H,1,5-7H2,2-4H3,(H,15,19)/t10-,11+,12+/m1/s1. The molecule has 0 radical (unpaired) electrons. The maximum absolute atomic E-state index is 12.3. The van der Waals surface area contributed by atoms with Gasteiger partial charge >= 0.3 is 5.97 Å². The highest BCUT2D eigenvalue weighted by Crippen LogP contribution is 2.18. The van der Waals surface area contributed by atoms with Gasteiger partial charge in [-0.15, -0.1) is 6.58 Å². The fourth-order valence-corrected chi connectivity index (χ4v) is 2.36. The van der Waals surface area contributed by atoms with Gasteiger partial charge in [-0.2, -0.15) is 0 Å². The number of aliphatic hydroxyl groups is 1. The molecular formula is C14H22N2O5. The van der Waals surface area contributed by atoms with Crippen molar-refractivity contribution in [3.8, 4) is 0 Å². The summed E-state index contributed by atoms with van der Waals surface area (Å²) in [5.74, 6) is -1.33. The molecule has 0 aliphatic carbocycles. The van der Waals surface area contributed by atoms with Gasteiger partial charge in [-0.3, -0.25) is 9.59 Å². The van der Waals surface area contributed by atoms with Crippen molar-refractivity contribution in [3.63, 3.8) is 0 Å². The molecule has 1 saturated heterocycles. The van der Waals surface area contributed by atoms with E-state index in [-0.39, 0.29) is 25.3 Å². The number of methoxy groups -OCH3 is 1. The molecule has 1 heterocycles. The number of ether oxygens (including phenoxy) is 1. The number of aliphatic hydroxyl groups excluding tert-OH is 1. The molecule has 2 amide bonds. The lowest BCUT2D eigenvalue weighted by Gasteiger charge is -2.24. The molecule has 0 saturated carbocycles. The summed E-state index contributed by atoms with van der Waals surface area (Å²) < 4.78 is 4.65. The van der Waals surface area contributed by atoms with Gasteiger partial charge in [-0.05, 0) is 13.3 Å². The van der Waals surface area contributed by atoms with Crippen molar-refractivity contribution < 1.29 is 24.2 Å². The SMILES string of the molecule is C=C(C)C[C@H](NC(=O)[C@@H]1C[C@@H](O)CN1C(C)=O)C(=O)OC. The molecule has 118 valence electrons. The molecule has 7 nitrogen and oxygen atoms in total. The van der Waals surface area contributed by atoms with Gasteiger partial charge in [-0.25, -0.2) is 4.79 Å². The van der Waals surface area contributed by atoms with E-state index in [1.165, 1.54) is 18.9 Å². The van der Waals surface area contributed by atoms with Crippen molar-refractivity contribution in [2.45, 2.75) is 44.9 Å². The van der Waals surface area contributed by atoms with Crippen LogP contribution in [0, 0.1) is 0 Å². The van der Waals surface area contributed by atoms with Gasteiger partial charge in [0.25, 0.3) is 0 Å². The number of likely N-dealkylation sites (tertiary alicyclic amines) is 1. The molecule has 7 heteroatoms. The van der Waals surface area contributed by atoms with Gasteiger partial charge in [0.15, 0.2) is 0 Å². The maximum atomic E-state index is 12.3. The van der Waals surface area contributed by atoms with Gasteiger partial charge in [-0.1, -0.05) is 5.57 Å². The number of nitrogens with one attached hydrogen (secondary N) is 1. The van der Waals surface area contributed by atoms with Crippen LogP contribution in [0.25, 0.3) is 0 Å². The number of hydrogen-bond donors (Lipinski definition) is 2. The van der Waals surface area contributed by atoms with Crippen LogP contribution < -0.4 is 5.32 Å². The molecule has 0 bridgehead atoms. The summed E-state index contributed by atoms with van der Waals surface area (Å²) >= 11 is 0. The van der Waals surface area contributed by atoms with Gasteiger partial charge in [0.2, 0.25) is 11.8 Å². The molecule has 0 spiro atoms. The summed E-state index contributed by atoms with van der Waals surface area (Å²) in [5.41, 5.74) is 0.723. The Morgan fingerprint density at radius 3 is 2.52 bits per heavy atom. The Morgan fingerprint density at radius 1 is 1.43 bits per heavy atom. The van der Waals surface area contributed by atoms with Gasteiger partial charge in [0.1, 0.15) is 12.1 Å². The summed E-state index contributed by atoms with van der Waals surface area (Å²) in [7, 11) is 1.24. The van der Waals surface area contributed by atoms with Crippen LogP contribution in [0.4, 0.5) is 0 Å². The van der Waals surface area contributed by atoms with Crippen LogP contribution in [-0.4, -0.2) is 59.6 Å². The van der Waals surface area contributed by atoms with Gasteiger partial charge in [0, 0.05) is 19.9 Å². The third-order valence-corrected chi connectivity index (χ3v) is 3.34. The second-order valence-electron chi connectivity index (χ2n) is 5.32. The van der Waals surface area contributed by atoms with E-state index in [0.717, 1.165) is 5.57 Å². The average molecular weight is 298 g/mol. The number of β-amino-alcohol motifs (C(OH)–C–C–N with tert-alkyl or cyclic N) is 1. The first-order valence-electron chi connectivity index (χ1n) is 6.74. The first-order chi connectivity index (χ1) is 9.76. The minimum atomic E-state index is -0.841. The lowest BCUT2D eigenvalue weighted by molar-refractivity contribution is -0.146. The summed E-state index contributed by atoms with van der Waals surface area (Å²) in [6.45, 7) is 6.91. The molecule has 0 aromatic heterocycles. The van der Waals surface area contributed by atoms with Crippen LogP contribution in [0.5, 0.6) is 0 Å². The first kappa shape index (κ1) is 17.2. The number of hydrogen-bond acceptors (Lipinski definition) is 5. The van der Waals surface area contributed by atoms with Gasteiger partial charge < -0.3 is 20.1 Å². The third kappa shape index (κ3) is 4.56. The Balaban J connectivity index is 2.78. The predicted octanol–water partition coefficient (Wildman–Crippen LogP) is -0.408. The van der Waals surface area contributed by atoms with E-state index >= 15 is 0 Å². The van der Waals surface area contributed by atoms with Crippen molar-refractivity contribution in [2.24, 2.45) is 0 Å². The summed E-state index contributed by atoms with van der Waals surface area (Å²) in [6.07, 6.45) is -0.317. The van der Waals surface area contributed by atoms with Crippen LogP contribution in [0.1, 0.15) is 26.7 Å². The lowest BCUT2D eigenvalue weighted by Crippen LogP contribution is -2.50. The Kier molecular flexibility index (Phi) is 5.90. The highest BCUT2D eigenvalue weighted by Gasteiger charge is 2.38. The van der Waals surface area contributed by atoms with Crippen LogP contribution in [0.2, 0.25) is 0 Å². The zero-order valence-electron chi connectivity index (χ0n) is 12.6. The molecule has 21 heavy (non-hydrogen) atoms. The highest BCUT2D eigenvalue weighted by molar-refractivity contribution is 5.90. The Bertz CT molecular complexity index is 449. The number of amides is 2.